The first kappa shape index (κ1) is 13.4. The molecule has 0 aliphatic carbocycles. The lowest BCUT2D eigenvalue weighted by atomic mass is 10.0. The van der Waals surface area contributed by atoms with Gasteiger partial charge in [0.15, 0.2) is 5.60 Å². The number of hydrogen-bond acceptors (Lipinski definition) is 3. The first-order chi connectivity index (χ1) is 9.88. The van der Waals surface area contributed by atoms with Gasteiger partial charge in [0.2, 0.25) is 0 Å². The summed E-state index contributed by atoms with van der Waals surface area (Å²) in [4.78, 5) is 14.2. The summed E-state index contributed by atoms with van der Waals surface area (Å²) in [6.45, 7) is 3.38. The maximum Gasteiger partial charge on any atom is 0.275 e. The molecule has 0 atom stereocenters. The molecule has 0 fully saturated rings. The summed E-state index contributed by atoms with van der Waals surface area (Å²) >= 11 is 0. The topological polar surface area (TPSA) is 55.6 Å². The molecule has 3 rings (SSSR count). The second-order valence-electron chi connectivity index (χ2n) is 5.46. The van der Waals surface area contributed by atoms with E-state index in [-0.39, 0.29) is 11.7 Å². The summed E-state index contributed by atoms with van der Waals surface area (Å²) in [5.41, 5.74) is 6.50. The third-order valence-electron chi connectivity index (χ3n) is 3.39. The van der Waals surface area contributed by atoms with E-state index in [0.717, 1.165) is 0 Å². The molecule has 0 radical (unpaired) electrons. The number of fused-ring (bicyclic) bond motifs is 1. The molecule has 1 heterocycles. The van der Waals surface area contributed by atoms with Gasteiger partial charge in [-0.05, 0) is 50.2 Å². The largest absolute Gasteiger partial charge is 0.476 e. The number of ether oxygens (including phenoxy) is 1. The molecule has 2 aromatic rings. The smallest absolute Gasteiger partial charge is 0.275 e. The molecule has 2 aromatic carbocycles. The van der Waals surface area contributed by atoms with E-state index in [9.17, 15) is 9.18 Å². The quantitative estimate of drug-likeness (QED) is 0.819. The van der Waals surface area contributed by atoms with E-state index in [4.69, 9.17) is 10.5 Å². The highest BCUT2D eigenvalue weighted by molar-refractivity contribution is 6.08. The molecule has 0 aromatic heterocycles. The van der Waals surface area contributed by atoms with Crippen molar-refractivity contribution in [3.8, 4) is 5.75 Å². The van der Waals surface area contributed by atoms with Crippen molar-refractivity contribution in [2.45, 2.75) is 19.4 Å². The molecule has 0 saturated heterocycles. The van der Waals surface area contributed by atoms with Gasteiger partial charge in [-0.1, -0.05) is 0 Å². The van der Waals surface area contributed by atoms with Gasteiger partial charge < -0.3 is 10.5 Å². The van der Waals surface area contributed by atoms with Gasteiger partial charge in [-0.15, -0.1) is 0 Å². The Bertz CT molecular complexity index is 711. The Morgan fingerprint density at radius 1 is 1.14 bits per heavy atom. The molecule has 1 aliphatic heterocycles. The fourth-order valence-corrected chi connectivity index (χ4v) is 2.34. The van der Waals surface area contributed by atoms with E-state index in [2.05, 4.69) is 0 Å². The number of rotatable bonds is 1. The Balaban J connectivity index is 2.18. The van der Waals surface area contributed by atoms with Crippen LogP contribution in [0.2, 0.25) is 0 Å². The van der Waals surface area contributed by atoms with Gasteiger partial charge in [0, 0.05) is 17.4 Å². The highest BCUT2D eigenvalue weighted by Gasteiger charge is 2.41. The molecule has 0 saturated carbocycles. The van der Waals surface area contributed by atoms with Crippen molar-refractivity contribution in [1.29, 1.82) is 0 Å². The van der Waals surface area contributed by atoms with Crippen LogP contribution in [-0.2, 0) is 4.79 Å². The Labute approximate surface area is 121 Å². The van der Waals surface area contributed by atoms with Crippen molar-refractivity contribution in [3.63, 3.8) is 0 Å². The van der Waals surface area contributed by atoms with Gasteiger partial charge in [-0.2, -0.15) is 0 Å². The van der Waals surface area contributed by atoms with E-state index < -0.39 is 5.60 Å². The summed E-state index contributed by atoms with van der Waals surface area (Å²) in [6, 6.07) is 10.9. The molecule has 21 heavy (non-hydrogen) atoms. The number of carbonyl (C=O) groups excluding carboxylic acids is 1. The third kappa shape index (κ3) is 2.20. The average molecular weight is 286 g/mol. The second-order valence-corrected chi connectivity index (χ2v) is 5.46. The summed E-state index contributed by atoms with van der Waals surface area (Å²) in [5, 5.41) is 0. The Morgan fingerprint density at radius 2 is 1.81 bits per heavy atom. The van der Waals surface area contributed by atoms with E-state index >= 15 is 0 Å². The molecule has 1 aliphatic rings. The highest BCUT2D eigenvalue weighted by atomic mass is 19.1. The molecule has 2 N–H and O–H groups in total. The maximum atomic E-state index is 13.1. The Kier molecular flexibility index (Phi) is 2.86. The second kappa shape index (κ2) is 4.48. The average Bonchev–Trinajstić information content (AvgIpc) is 2.41. The first-order valence-electron chi connectivity index (χ1n) is 6.57. The molecular formula is C16H15FN2O2. The molecule has 4 nitrogen and oxygen atoms in total. The molecule has 1 amide bonds. The molecule has 0 unspecified atom stereocenters. The number of carbonyl (C=O) groups is 1. The maximum absolute atomic E-state index is 13.1. The standard InChI is InChI=1S/C16H15FN2O2/c1-16(2)15(20)19(12-6-3-10(17)4-7-12)13-8-5-11(18)9-14(13)21-16/h3-9H,18H2,1-2H3. The number of nitrogens with two attached hydrogens (primary N) is 1. The zero-order valence-corrected chi connectivity index (χ0v) is 11.8. The lowest BCUT2D eigenvalue weighted by molar-refractivity contribution is -0.131. The number of nitrogen functional groups attached to an aromatic ring is 1. The zero-order chi connectivity index (χ0) is 15.2. The minimum absolute atomic E-state index is 0.216. The minimum atomic E-state index is -1.02. The molecular weight excluding hydrogens is 271 g/mol. The Hall–Kier alpha value is -2.56. The summed E-state index contributed by atoms with van der Waals surface area (Å²) in [7, 11) is 0. The van der Waals surface area contributed by atoms with Crippen LogP contribution in [0.15, 0.2) is 42.5 Å². The van der Waals surface area contributed by atoms with E-state index in [1.54, 1.807) is 44.2 Å². The van der Waals surface area contributed by atoms with Gasteiger partial charge in [0.1, 0.15) is 11.6 Å². The van der Waals surface area contributed by atoms with Gasteiger partial charge in [-0.25, -0.2) is 4.39 Å². The van der Waals surface area contributed by atoms with Gasteiger partial charge >= 0.3 is 0 Å². The van der Waals surface area contributed by atoms with Crippen molar-refractivity contribution in [1.82, 2.24) is 0 Å². The molecule has 108 valence electrons. The summed E-state index contributed by atoms with van der Waals surface area (Å²) in [5.74, 6) is -0.0356. The van der Waals surface area contributed by atoms with Crippen LogP contribution in [0, 0.1) is 5.82 Å². The minimum Gasteiger partial charge on any atom is -0.476 e. The van der Waals surface area contributed by atoms with Crippen molar-refractivity contribution in [2.75, 3.05) is 10.6 Å². The summed E-state index contributed by atoms with van der Waals surface area (Å²) in [6.07, 6.45) is 0. The first-order valence-corrected chi connectivity index (χ1v) is 6.57. The van der Waals surface area contributed by atoms with Crippen LogP contribution in [0.5, 0.6) is 5.75 Å². The van der Waals surface area contributed by atoms with Crippen LogP contribution in [0.3, 0.4) is 0 Å². The monoisotopic (exact) mass is 286 g/mol. The molecule has 0 bridgehead atoms. The van der Waals surface area contributed by atoms with Crippen LogP contribution in [0.4, 0.5) is 21.5 Å². The Morgan fingerprint density at radius 3 is 2.48 bits per heavy atom. The van der Waals surface area contributed by atoms with E-state index in [0.29, 0.717) is 22.8 Å². The van der Waals surface area contributed by atoms with Crippen molar-refractivity contribution >= 4 is 23.0 Å². The fourth-order valence-electron chi connectivity index (χ4n) is 2.34. The van der Waals surface area contributed by atoms with Crippen molar-refractivity contribution in [2.24, 2.45) is 0 Å². The number of nitrogens with zero attached hydrogens (tertiary/aromatic N) is 1. The van der Waals surface area contributed by atoms with Crippen LogP contribution >= 0.6 is 0 Å². The van der Waals surface area contributed by atoms with Crippen LogP contribution in [0.1, 0.15) is 13.8 Å². The summed E-state index contributed by atoms with van der Waals surface area (Å²) < 4.78 is 18.8. The van der Waals surface area contributed by atoms with E-state index in [1.165, 1.54) is 17.0 Å². The van der Waals surface area contributed by atoms with Gasteiger partial charge in [0.25, 0.3) is 5.91 Å². The van der Waals surface area contributed by atoms with Crippen LogP contribution < -0.4 is 15.4 Å². The number of amides is 1. The highest BCUT2D eigenvalue weighted by Crippen LogP contribution is 2.42. The predicted octanol–water partition coefficient (Wildman–Crippen LogP) is 3.24. The SMILES string of the molecule is CC1(C)Oc2cc(N)ccc2N(c2ccc(F)cc2)C1=O. The molecule has 0 spiro atoms. The number of benzene rings is 2. The van der Waals surface area contributed by atoms with Gasteiger partial charge in [0.05, 0.1) is 5.69 Å². The normalized spacial score (nSPS) is 16.3. The van der Waals surface area contributed by atoms with Gasteiger partial charge in [-0.3, -0.25) is 9.69 Å². The van der Waals surface area contributed by atoms with Crippen molar-refractivity contribution in [3.05, 3.63) is 48.3 Å². The van der Waals surface area contributed by atoms with Crippen LogP contribution in [0.25, 0.3) is 0 Å². The lowest BCUT2D eigenvalue weighted by Crippen LogP contribution is -2.50. The van der Waals surface area contributed by atoms with Crippen LogP contribution in [-0.4, -0.2) is 11.5 Å². The number of hydrogen-bond donors (Lipinski definition) is 1. The predicted molar refractivity (Wildman–Crippen MR) is 79.1 cm³/mol. The molecule has 5 heteroatoms. The van der Waals surface area contributed by atoms with Crippen molar-refractivity contribution < 1.29 is 13.9 Å². The number of anilines is 3. The fraction of sp³-hybridized carbons (Fsp3) is 0.188. The third-order valence-corrected chi connectivity index (χ3v) is 3.39. The lowest BCUT2D eigenvalue weighted by Gasteiger charge is -2.38. The zero-order valence-electron chi connectivity index (χ0n) is 11.8. The van der Waals surface area contributed by atoms with E-state index in [1.807, 2.05) is 0 Å². The number of halogens is 1.